The number of ether oxygens (including phenoxy) is 2. The predicted octanol–water partition coefficient (Wildman–Crippen LogP) is 2.98. The van der Waals surface area contributed by atoms with E-state index in [4.69, 9.17) is 15.2 Å². The monoisotopic (exact) mass is 336 g/mol. The molecular formula is C17H16N6O2. The number of nitrogens with two attached hydrogens (primary N) is 1. The number of benzene rings is 1. The second-order valence-electron chi connectivity index (χ2n) is 5.52. The average molecular weight is 336 g/mol. The van der Waals surface area contributed by atoms with Gasteiger partial charge >= 0.3 is 0 Å². The summed E-state index contributed by atoms with van der Waals surface area (Å²) in [5.74, 6) is 3.04. The molecule has 4 N–H and O–H groups in total. The summed E-state index contributed by atoms with van der Waals surface area (Å²) in [6.07, 6.45) is 3.16. The van der Waals surface area contributed by atoms with Gasteiger partial charge in [-0.3, -0.25) is 0 Å². The van der Waals surface area contributed by atoms with E-state index in [1.807, 2.05) is 37.3 Å². The van der Waals surface area contributed by atoms with Crippen molar-refractivity contribution < 1.29 is 9.47 Å². The molecule has 0 aliphatic carbocycles. The Kier molecular flexibility index (Phi) is 3.70. The Morgan fingerprint density at radius 3 is 2.60 bits per heavy atom. The Labute approximate surface area is 144 Å². The summed E-state index contributed by atoms with van der Waals surface area (Å²) in [6, 6.07) is 9.36. The largest absolute Gasteiger partial charge is 0.454 e. The molecule has 0 atom stereocenters. The van der Waals surface area contributed by atoms with Crippen LogP contribution in [0.1, 0.15) is 5.56 Å². The molecule has 3 heterocycles. The molecule has 0 fully saturated rings. The fourth-order valence-electron chi connectivity index (χ4n) is 2.43. The number of hydrogen-bond donors (Lipinski definition) is 3. The molecule has 0 unspecified atom stereocenters. The van der Waals surface area contributed by atoms with Gasteiger partial charge in [-0.25, -0.2) is 15.0 Å². The van der Waals surface area contributed by atoms with Crippen LogP contribution in [-0.2, 0) is 0 Å². The van der Waals surface area contributed by atoms with Gasteiger partial charge < -0.3 is 25.8 Å². The van der Waals surface area contributed by atoms with E-state index in [0.717, 1.165) is 11.3 Å². The molecule has 0 spiro atoms. The highest BCUT2D eigenvalue weighted by Crippen LogP contribution is 2.36. The number of pyridine rings is 1. The quantitative estimate of drug-likeness (QED) is 0.667. The molecule has 1 aromatic carbocycles. The van der Waals surface area contributed by atoms with Crippen molar-refractivity contribution >= 4 is 28.8 Å². The molecule has 0 amide bonds. The molecule has 1 aliphatic heterocycles. The fourth-order valence-corrected chi connectivity index (χ4v) is 2.43. The van der Waals surface area contributed by atoms with Gasteiger partial charge in [0.2, 0.25) is 6.79 Å². The Balaban J connectivity index is 1.58. The van der Waals surface area contributed by atoms with Gasteiger partial charge in [-0.1, -0.05) is 0 Å². The van der Waals surface area contributed by atoms with Crippen LogP contribution in [0.5, 0.6) is 11.5 Å². The molecule has 1 aliphatic rings. The number of anilines is 5. The summed E-state index contributed by atoms with van der Waals surface area (Å²) in [5.41, 5.74) is 8.46. The van der Waals surface area contributed by atoms with Gasteiger partial charge in [0.15, 0.2) is 23.1 Å². The van der Waals surface area contributed by atoms with Crippen molar-refractivity contribution in [2.45, 2.75) is 6.92 Å². The number of aromatic nitrogens is 3. The minimum absolute atomic E-state index is 0.228. The fraction of sp³-hybridized carbons (Fsp3) is 0.118. The number of rotatable bonds is 4. The summed E-state index contributed by atoms with van der Waals surface area (Å²) in [7, 11) is 0. The second kappa shape index (κ2) is 6.16. The molecule has 0 saturated carbocycles. The van der Waals surface area contributed by atoms with Crippen molar-refractivity contribution in [2.24, 2.45) is 0 Å². The van der Waals surface area contributed by atoms with Crippen LogP contribution in [0.15, 0.2) is 42.9 Å². The first kappa shape index (κ1) is 15.0. The Hall–Kier alpha value is -3.55. The minimum Gasteiger partial charge on any atom is -0.454 e. The predicted molar refractivity (Wildman–Crippen MR) is 94.5 cm³/mol. The molecule has 25 heavy (non-hydrogen) atoms. The first-order chi connectivity index (χ1) is 12.2. The van der Waals surface area contributed by atoms with E-state index in [0.29, 0.717) is 34.6 Å². The van der Waals surface area contributed by atoms with Gasteiger partial charge in [-0.05, 0) is 36.8 Å². The lowest BCUT2D eigenvalue weighted by molar-refractivity contribution is 0.174. The Morgan fingerprint density at radius 1 is 0.960 bits per heavy atom. The molecule has 3 aromatic rings. The van der Waals surface area contributed by atoms with E-state index in [1.54, 1.807) is 6.20 Å². The van der Waals surface area contributed by atoms with Crippen LogP contribution < -0.4 is 25.8 Å². The SMILES string of the molecule is Cc1ccnc(Nc2ncnc(Nc3ccc4c(c3)OCO4)c2N)c1. The number of nitrogens with zero attached hydrogens (tertiary/aromatic N) is 3. The molecule has 2 aromatic heterocycles. The van der Waals surface area contributed by atoms with Crippen molar-refractivity contribution in [1.29, 1.82) is 0 Å². The van der Waals surface area contributed by atoms with Crippen LogP contribution in [-0.4, -0.2) is 21.7 Å². The van der Waals surface area contributed by atoms with Gasteiger partial charge in [0, 0.05) is 18.0 Å². The summed E-state index contributed by atoms with van der Waals surface area (Å²) in [4.78, 5) is 12.6. The molecular weight excluding hydrogens is 320 g/mol. The number of hydrogen-bond acceptors (Lipinski definition) is 8. The van der Waals surface area contributed by atoms with Crippen LogP contribution in [0.3, 0.4) is 0 Å². The van der Waals surface area contributed by atoms with Crippen LogP contribution in [0.25, 0.3) is 0 Å². The summed E-state index contributed by atoms with van der Waals surface area (Å²) in [6.45, 7) is 2.22. The third-order valence-corrected chi connectivity index (χ3v) is 3.68. The zero-order valence-corrected chi connectivity index (χ0v) is 13.5. The van der Waals surface area contributed by atoms with Gasteiger partial charge in [-0.15, -0.1) is 0 Å². The van der Waals surface area contributed by atoms with Crippen molar-refractivity contribution in [3.63, 3.8) is 0 Å². The molecule has 8 nitrogen and oxygen atoms in total. The third-order valence-electron chi connectivity index (χ3n) is 3.68. The van der Waals surface area contributed by atoms with Crippen molar-refractivity contribution in [2.75, 3.05) is 23.2 Å². The number of nitrogens with one attached hydrogen (secondary N) is 2. The average Bonchev–Trinajstić information content (AvgIpc) is 3.06. The lowest BCUT2D eigenvalue weighted by atomic mass is 10.2. The molecule has 8 heteroatoms. The highest BCUT2D eigenvalue weighted by atomic mass is 16.7. The first-order valence-electron chi connectivity index (χ1n) is 7.66. The lowest BCUT2D eigenvalue weighted by Crippen LogP contribution is -2.05. The maximum absolute atomic E-state index is 6.20. The molecule has 0 bridgehead atoms. The van der Waals surface area contributed by atoms with Gasteiger partial charge in [0.1, 0.15) is 17.8 Å². The zero-order valence-electron chi connectivity index (χ0n) is 13.5. The Bertz CT molecular complexity index is 931. The maximum atomic E-state index is 6.20. The van der Waals surface area contributed by atoms with Crippen molar-refractivity contribution in [1.82, 2.24) is 15.0 Å². The normalized spacial score (nSPS) is 12.0. The van der Waals surface area contributed by atoms with Gasteiger partial charge in [0.25, 0.3) is 0 Å². The highest BCUT2D eigenvalue weighted by Gasteiger charge is 2.15. The Morgan fingerprint density at radius 2 is 1.76 bits per heavy atom. The van der Waals surface area contributed by atoms with Crippen molar-refractivity contribution in [3.05, 3.63) is 48.4 Å². The summed E-state index contributed by atoms with van der Waals surface area (Å²) >= 11 is 0. The summed E-state index contributed by atoms with van der Waals surface area (Å²) < 4.78 is 10.7. The third kappa shape index (κ3) is 3.09. The zero-order chi connectivity index (χ0) is 17.2. The van der Waals surface area contributed by atoms with E-state index in [9.17, 15) is 0 Å². The second-order valence-corrected chi connectivity index (χ2v) is 5.52. The van der Waals surface area contributed by atoms with E-state index >= 15 is 0 Å². The topological polar surface area (TPSA) is 107 Å². The maximum Gasteiger partial charge on any atom is 0.231 e. The standard InChI is InChI=1S/C17H16N6O2/c1-10-4-5-19-14(6-10)23-17-15(18)16(20-8-21-17)22-11-2-3-12-13(7-11)25-9-24-12/h2-8H,9,18H2,1H3,(H2,19,20,21,22,23). The molecule has 0 radical (unpaired) electrons. The highest BCUT2D eigenvalue weighted by molar-refractivity contribution is 5.80. The van der Waals surface area contributed by atoms with E-state index in [-0.39, 0.29) is 6.79 Å². The van der Waals surface area contributed by atoms with Crippen LogP contribution in [0.2, 0.25) is 0 Å². The number of fused-ring (bicyclic) bond motifs is 1. The number of nitrogen functional groups attached to an aromatic ring is 1. The van der Waals surface area contributed by atoms with Crippen LogP contribution in [0.4, 0.5) is 28.8 Å². The van der Waals surface area contributed by atoms with Crippen molar-refractivity contribution in [3.8, 4) is 11.5 Å². The smallest absolute Gasteiger partial charge is 0.231 e. The lowest BCUT2D eigenvalue weighted by Gasteiger charge is -2.12. The molecule has 0 saturated heterocycles. The number of aryl methyl sites for hydroxylation is 1. The molecule has 126 valence electrons. The van der Waals surface area contributed by atoms with Gasteiger partial charge in [-0.2, -0.15) is 0 Å². The minimum atomic E-state index is 0.228. The van der Waals surface area contributed by atoms with E-state index in [1.165, 1.54) is 6.33 Å². The van der Waals surface area contributed by atoms with Gasteiger partial charge in [0.05, 0.1) is 0 Å². The summed E-state index contributed by atoms with van der Waals surface area (Å²) in [5, 5.41) is 6.28. The van der Waals surface area contributed by atoms with E-state index < -0.39 is 0 Å². The molecule has 4 rings (SSSR count). The van der Waals surface area contributed by atoms with Crippen LogP contribution in [0, 0.1) is 6.92 Å². The first-order valence-corrected chi connectivity index (χ1v) is 7.66. The van der Waals surface area contributed by atoms with Crippen LogP contribution >= 0.6 is 0 Å². The van der Waals surface area contributed by atoms with E-state index in [2.05, 4.69) is 25.6 Å².